The third kappa shape index (κ3) is 4.89. The van der Waals surface area contributed by atoms with Crippen molar-refractivity contribution in [3.05, 3.63) is 36.2 Å². The summed E-state index contributed by atoms with van der Waals surface area (Å²) in [6.45, 7) is 5.58. The number of benzene rings is 1. The van der Waals surface area contributed by atoms with E-state index in [2.05, 4.69) is 10.4 Å². The molecule has 0 unspecified atom stereocenters. The molecule has 1 aromatic carbocycles. The van der Waals surface area contributed by atoms with Crippen LogP contribution in [0.15, 0.2) is 30.6 Å². The van der Waals surface area contributed by atoms with Gasteiger partial charge in [-0.2, -0.15) is 5.10 Å². The number of nitrogens with zero attached hydrogens (tertiary/aromatic N) is 2. The molecule has 0 radical (unpaired) electrons. The van der Waals surface area contributed by atoms with Crippen LogP contribution >= 0.6 is 11.6 Å². The summed E-state index contributed by atoms with van der Waals surface area (Å²) in [6, 6.07) is 5.79. The fourth-order valence-corrected chi connectivity index (χ4v) is 2.16. The maximum absolute atomic E-state index is 11.3. The first-order valence-electron chi connectivity index (χ1n) is 7.43. The first kappa shape index (κ1) is 17.1. The summed E-state index contributed by atoms with van der Waals surface area (Å²) in [6.07, 6.45) is 3.34. The molecule has 1 N–H and O–H groups in total. The summed E-state index contributed by atoms with van der Waals surface area (Å²) in [4.78, 5) is 11.3. The van der Waals surface area contributed by atoms with Crippen LogP contribution in [0.3, 0.4) is 0 Å². The molecule has 0 saturated heterocycles. The molecule has 0 bridgehead atoms. The van der Waals surface area contributed by atoms with Crippen molar-refractivity contribution in [1.82, 2.24) is 9.78 Å². The number of hydrogen-bond acceptors (Lipinski definition) is 4. The summed E-state index contributed by atoms with van der Waals surface area (Å²) < 4.78 is 12.9. The van der Waals surface area contributed by atoms with Gasteiger partial charge in [0.25, 0.3) is 0 Å². The second kappa shape index (κ2) is 8.43. The van der Waals surface area contributed by atoms with Crippen molar-refractivity contribution >= 4 is 23.2 Å². The fourth-order valence-electron chi connectivity index (χ4n) is 2.09. The number of rotatable bonds is 8. The molecule has 2 aromatic rings. The van der Waals surface area contributed by atoms with E-state index < -0.39 is 0 Å². The van der Waals surface area contributed by atoms with Crippen LogP contribution in [-0.4, -0.2) is 34.8 Å². The number of alkyl halides is 1. The van der Waals surface area contributed by atoms with Crippen molar-refractivity contribution < 1.29 is 14.3 Å². The van der Waals surface area contributed by atoms with Crippen LogP contribution in [0.4, 0.5) is 5.69 Å². The Morgan fingerprint density at radius 3 is 2.70 bits per heavy atom. The van der Waals surface area contributed by atoms with E-state index in [1.54, 1.807) is 17.1 Å². The molecule has 6 nitrogen and oxygen atoms in total. The number of anilines is 1. The summed E-state index contributed by atoms with van der Waals surface area (Å²) >= 11 is 5.46. The Hall–Kier alpha value is -2.21. The highest BCUT2D eigenvalue weighted by atomic mass is 35.5. The average molecular weight is 338 g/mol. The van der Waals surface area contributed by atoms with Gasteiger partial charge in [0.1, 0.15) is 5.88 Å². The van der Waals surface area contributed by atoms with Gasteiger partial charge in [-0.15, -0.1) is 11.6 Å². The molecule has 0 aliphatic carbocycles. The maximum atomic E-state index is 11.3. The monoisotopic (exact) mass is 337 g/mol. The summed E-state index contributed by atoms with van der Waals surface area (Å²) in [5.74, 6) is 1.11. The SMILES string of the molecule is CCOc1ccc(Cn2cc(NC(=O)CCl)cn2)cc1OCC. The minimum absolute atomic E-state index is 0.0816. The van der Waals surface area contributed by atoms with E-state index >= 15 is 0 Å². The minimum Gasteiger partial charge on any atom is -0.490 e. The Morgan fingerprint density at radius 1 is 1.26 bits per heavy atom. The van der Waals surface area contributed by atoms with Crippen LogP contribution in [0.1, 0.15) is 19.4 Å². The second-order valence-electron chi connectivity index (χ2n) is 4.76. The summed E-state index contributed by atoms with van der Waals surface area (Å²) in [5, 5.41) is 6.88. The van der Waals surface area contributed by atoms with Crippen LogP contribution in [0, 0.1) is 0 Å². The standard InChI is InChI=1S/C16H20ClN3O3/c1-3-22-14-6-5-12(7-15(14)23-4-2)10-20-11-13(9-18-20)19-16(21)8-17/h5-7,9,11H,3-4,8,10H2,1-2H3,(H,19,21). The largest absolute Gasteiger partial charge is 0.490 e. The molecule has 0 aliphatic rings. The Balaban J connectivity index is 2.10. The van der Waals surface area contributed by atoms with E-state index in [0.717, 1.165) is 17.1 Å². The van der Waals surface area contributed by atoms with Gasteiger partial charge in [-0.05, 0) is 31.5 Å². The van der Waals surface area contributed by atoms with E-state index in [1.807, 2.05) is 32.0 Å². The van der Waals surface area contributed by atoms with Crippen LogP contribution in [0.5, 0.6) is 11.5 Å². The van der Waals surface area contributed by atoms with Gasteiger partial charge in [-0.1, -0.05) is 6.07 Å². The van der Waals surface area contributed by atoms with Crippen LogP contribution in [-0.2, 0) is 11.3 Å². The molecule has 1 amide bonds. The Morgan fingerprint density at radius 2 is 2.00 bits per heavy atom. The third-order valence-electron chi connectivity index (χ3n) is 2.99. The highest BCUT2D eigenvalue weighted by Crippen LogP contribution is 2.28. The first-order valence-corrected chi connectivity index (χ1v) is 7.96. The molecule has 2 rings (SSSR count). The van der Waals surface area contributed by atoms with E-state index in [1.165, 1.54) is 0 Å². The predicted molar refractivity (Wildman–Crippen MR) is 89.5 cm³/mol. The van der Waals surface area contributed by atoms with Crippen molar-refractivity contribution in [2.75, 3.05) is 24.4 Å². The highest BCUT2D eigenvalue weighted by molar-refractivity contribution is 6.29. The van der Waals surface area contributed by atoms with Gasteiger partial charge < -0.3 is 14.8 Å². The van der Waals surface area contributed by atoms with Crippen molar-refractivity contribution in [2.45, 2.75) is 20.4 Å². The zero-order chi connectivity index (χ0) is 16.7. The number of halogens is 1. The van der Waals surface area contributed by atoms with Gasteiger partial charge in [0, 0.05) is 6.20 Å². The van der Waals surface area contributed by atoms with Gasteiger partial charge in [-0.25, -0.2) is 0 Å². The molecule has 0 atom stereocenters. The lowest BCUT2D eigenvalue weighted by atomic mass is 10.2. The van der Waals surface area contributed by atoms with Crippen molar-refractivity contribution in [2.24, 2.45) is 0 Å². The molecule has 1 heterocycles. The highest BCUT2D eigenvalue weighted by Gasteiger charge is 2.08. The van der Waals surface area contributed by atoms with E-state index in [9.17, 15) is 4.79 Å². The lowest BCUT2D eigenvalue weighted by Crippen LogP contribution is -2.11. The van der Waals surface area contributed by atoms with Gasteiger partial charge >= 0.3 is 0 Å². The first-order chi connectivity index (χ1) is 11.2. The van der Waals surface area contributed by atoms with E-state index in [4.69, 9.17) is 21.1 Å². The van der Waals surface area contributed by atoms with Crippen molar-refractivity contribution in [3.63, 3.8) is 0 Å². The molecule has 0 saturated carbocycles. The number of carbonyl (C=O) groups excluding carboxylic acids is 1. The molecule has 23 heavy (non-hydrogen) atoms. The Kier molecular flexibility index (Phi) is 6.29. The normalized spacial score (nSPS) is 10.4. The molecule has 124 valence electrons. The summed E-state index contributed by atoms with van der Waals surface area (Å²) in [5.41, 5.74) is 1.64. The lowest BCUT2D eigenvalue weighted by Gasteiger charge is -2.12. The molecule has 7 heteroatoms. The molecular formula is C16H20ClN3O3. The second-order valence-corrected chi connectivity index (χ2v) is 5.02. The average Bonchev–Trinajstić information content (AvgIpc) is 2.97. The predicted octanol–water partition coefficient (Wildman–Crippen LogP) is 2.91. The Labute approximate surface area is 140 Å². The molecule has 0 aliphatic heterocycles. The van der Waals surface area contributed by atoms with Crippen LogP contribution < -0.4 is 14.8 Å². The quantitative estimate of drug-likeness (QED) is 0.752. The lowest BCUT2D eigenvalue weighted by molar-refractivity contribution is -0.113. The number of ether oxygens (including phenoxy) is 2. The van der Waals surface area contributed by atoms with Gasteiger partial charge in [0.15, 0.2) is 11.5 Å². The maximum Gasteiger partial charge on any atom is 0.239 e. The minimum atomic E-state index is -0.258. The van der Waals surface area contributed by atoms with Gasteiger partial charge in [0.2, 0.25) is 5.91 Å². The fraction of sp³-hybridized carbons (Fsp3) is 0.375. The third-order valence-corrected chi connectivity index (χ3v) is 3.23. The topological polar surface area (TPSA) is 65.4 Å². The number of carbonyl (C=O) groups is 1. The molecule has 1 aromatic heterocycles. The number of hydrogen-bond donors (Lipinski definition) is 1. The van der Waals surface area contributed by atoms with Crippen LogP contribution in [0.25, 0.3) is 0 Å². The summed E-state index contributed by atoms with van der Waals surface area (Å²) in [7, 11) is 0. The van der Waals surface area contributed by atoms with Gasteiger partial charge in [0.05, 0.1) is 31.6 Å². The Bertz CT molecular complexity index is 658. The molecular weight excluding hydrogens is 318 g/mol. The van der Waals surface area contributed by atoms with E-state index in [-0.39, 0.29) is 11.8 Å². The zero-order valence-electron chi connectivity index (χ0n) is 13.2. The number of aromatic nitrogens is 2. The van der Waals surface area contributed by atoms with Gasteiger partial charge in [-0.3, -0.25) is 9.48 Å². The molecule has 0 spiro atoms. The zero-order valence-corrected chi connectivity index (χ0v) is 14.0. The van der Waals surface area contributed by atoms with Crippen molar-refractivity contribution in [1.29, 1.82) is 0 Å². The number of amides is 1. The smallest absolute Gasteiger partial charge is 0.239 e. The van der Waals surface area contributed by atoms with E-state index in [0.29, 0.717) is 25.4 Å². The number of nitrogens with one attached hydrogen (secondary N) is 1. The van der Waals surface area contributed by atoms with Crippen molar-refractivity contribution in [3.8, 4) is 11.5 Å². The molecule has 0 fully saturated rings. The van der Waals surface area contributed by atoms with Crippen LogP contribution in [0.2, 0.25) is 0 Å².